The van der Waals surface area contributed by atoms with Crippen molar-refractivity contribution in [3.05, 3.63) is 36.2 Å². The van der Waals surface area contributed by atoms with Gasteiger partial charge in [-0.05, 0) is 37.3 Å². The Kier molecular flexibility index (Phi) is 4.53. The van der Waals surface area contributed by atoms with Gasteiger partial charge in [-0.2, -0.15) is 0 Å². The molecule has 0 spiro atoms. The average Bonchev–Trinajstić information content (AvgIpc) is 2.36. The molecule has 0 fully saturated rings. The van der Waals surface area contributed by atoms with Gasteiger partial charge in [0.25, 0.3) is 0 Å². The van der Waals surface area contributed by atoms with Crippen molar-refractivity contribution in [2.24, 2.45) is 9.98 Å². The number of aliphatic imine (C=N–C) groups is 2. The Labute approximate surface area is 119 Å². The Morgan fingerprint density at radius 3 is 2.89 bits per heavy atom. The van der Waals surface area contributed by atoms with Gasteiger partial charge in [0.1, 0.15) is 0 Å². The second-order valence-electron chi connectivity index (χ2n) is 5.04. The van der Waals surface area contributed by atoms with E-state index in [0.717, 1.165) is 28.6 Å². The molecule has 1 aromatic rings. The number of amidine groups is 1. The van der Waals surface area contributed by atoms with Crippen LogP contribution in [0.2, 0.25) is 0 Å². The number of rotatable bonds is 3. The van der Waals surface area contributed by atoms with E-state index < -0.39 is 0 Å². The minimum Gasteiger partial charge on any atom is -0.264 e. The van der Waals surface area contributed by atoms with Crippen LogP contribution in [-0.4, -0.2) is 27.2 Å². The molecule has 1 aromatic heterocycles. The van der Waals surface area contributed by atoms with E-state index in [1.54, 1.807) is 18.0 Å². The predicted molar refractivity (Wildman–Crippen MR) is 85.0 cm³/mol. The molecule has 1 aliphatic heterocycles. The number of aromatic nitrogens is 1. The summed E-state index contributed by atoms with van der Waals surface area (Å²) in [6.07, 6.45) is 8.63. The maximum Gasteiger partial charge on any atom is 0.183 e. The molecule has 0 unspecified atom stereocenters. The summed E-state index contributed by atoms with van der Waals surface area (Å²) in [5, 5.41) is 0.893. The molecular weight excluding hydrogens is 254 g/mol. The van der Waals surface area contributed by atoms with E-state index in [-0.39, 0.29) is 5.54 Å². The van der Waals surface area contributed by atoms with Gasteiger partial charge < -0.3 is 0 Å². The van der Waals surface area contributed by atoms with Crippen LogP contribution in [0.25, 0.3) is 6.08 Å². The fourth-order valence-corrected chi connectivity index (χ4v) is 2.64. The molecule has 0 saturated heterocycles. The summed E-state index contributed by atoms with van der Waals surface area (Å²) in [5.41, 5.74) is 2.11. The van der Waals surface area contributed by atoms with Crippen LogP contribution < -0.4 is 0 Å². The quantitative estimate of drug-likeness (QED) is 0.839. The summed E-state index contributed by atoms with van der Waals surface area (Å²) >= 11 is 1.70. The highest BCUT2D eigenvalue weighted by Crippen LogP contribution is 2.24. The molecule has 0 N–H and O–H groups in total. The summed E-state index contributed by atoms with van der Waals surface area (Å²) in [5.74, 6) is 0.998. The highest BCUT2D eigenvalue weighted by Gasteiger charge is 2.23. The predicted octanol–water partition coefficient (Wildman–Crippen LogP) is 3.83. The number of allylic oxidation sites excluding steroid dienone is 1. The minimum atomic E-state index is -0.0616. The molecule has 2 rings (SSSR count). The largest absolute Gasteiger partial charge is 0.264 e. The molecular formula is C15H19N3S. The van der Waals surface area contributed by atoms with Crippen LogP contribution in [-0.2, 0) is 0 Å². The third-order valence-corrected chi connectivity index (χ3v) is 3.41. The lowest BCUT2D eigenvalue weighted by Crippen LogP contribution is -2.26. The van der Waals surface area contributed by atoms with E-state index in [4.69, 9.17) is 0 Å². The zero-order chi connectivity index (χ0) is 13.7. The van der Waals surface area contributed by atoms with Crippen molar-refractivity contribution >= 4 is 28.7 Å². The molecule has 0 aromatic carbocycles. The molecule has 2 heterocycles. The first-order valence-electron chi connectivity index (χ1n) is 6.47. The van der Waals surface area contributed by atoms with Gasteiger partial charge in [0, 0.05) is 24.5 Å². The summed E-state index contributed by atoms with van der Waals surface area (Å²) in [6, 6.07) is 3.97. The van der Waals surface area contributed by atoms with Crippen LogP contribution in [0.3, 0.4) is 0 Å². The van der Waals surface area contributed by atoms with Gasteiger partial charge in [0.15, 0.2) is 5.17 Å². The molecule has 0 bridgehead atoms. The minimum absolute atomic E-state index is 0.0616. The smallest absolute Gasteiger partial charge is 0.183 e. The second kappa shape index (κ2) is 6.15. The summed E-state index contributed by atoms with van der Waals surface area (Å²) < 4.78 is 0. The summed E-state index contributed by atoms with van der Waals surface area (Å²) in [7, 11) is 0. The Balaban J connectivity index is 2.16. The maximum absolute atomic E-state index is 4.66. The molecule has 0 amide bonds. The molecule has 19 heavy (non-hydrogen) atoms. The molecule has 4 heteroatoms. The molecule has 3 nitrogen and oxygen atoms in total. The third kappa shape index (κ3) is 4.31. The third-order valence-electron chi connectivity index (χ3n) is 2.68. The first-order chi connectivity index (χ1) is 9.09. The summed E-state index contributed by atoms with van der Waals surface area (Å²) in [6.45, 7) is 6.42. The van der Waals surface area contributed by atoms with Crippen molar-refractivity contribution in [3.8, 4) is 0 Å². The Bertz CT molecular complexity index is 515. The molecule has 0 atom stereocenters. The van der Waals surface area contributed by atoms with Crippen molar-refractivity contribution in [2.75, 3.05) is 5.75 Å². The highest BCUT2D eigenvalue weighted by atomic mass is 32.2. The zero-order valence-corrected chi connectivity index (χ0v) is 12.4. The Morgan fingerprint density at radius 1 is 1.37 bits per heavy atom. The lowest BCUT2D eigenvalue weighted by Gasteiger charge is -2.24. The second-order valence-corrected chi connectivity index (χ2v) is 6.27. The van der Waals surface area contributed by atoms with Gasteiger partial charge in [0.2, 0.25) is 0 Å². The Hall–Kier alpha value is -1.42. The number of hydrogen-bond donors (Lipinski definition) is 0. The van der Waals surface area contributed by atoms with E-state index in [1.165, 1.54) is 0 Å². The van der Waals surface area contributed by atoms with Crippen molar-refractivity contribution in [1.82, 2.24) is 4.98 Å². The number of hydrogen-bond acceptors (Lipinski definition) is 4. The van der Waals surface area contributed by atoms with E-state index in [9.17, 15) is 0 Å². The van der Waals surface area contributed by atoms with E-state index in [2.05, 4.69) is 47.9 Å². The zero-order valence-electron chi connectivity index (χ0n) is 11.6. The normalized spacial score (nSPS) is 18.3. The average molecular weight is 273 g/mol. The van der Waals surface area contributed by atoms with Crippen LogP contribution in [0, 0.1) is 0 Å². The lowest BCUT2D eigenvalue weighted by molar-refractivity contribution is 0.542. The fraction of sp³-hybridized carbons (Fsp3) is 0.400. The van der Waals surface area contributed by atoms with Crippen LogP contribution in [0.4, 0.5) is 0 Å². The van der Waals surface area contributed by atoms with Gasteiger partial charge in [0.05, 0.1) is 5.54 Å². The van der Waals surface area contributed by atoms with Gasteiger partial charge in [-0.1, -0.05) is 30.8 Å². The van der Waals surface area contributed by atoms with Crippen LogP contribution in [0.1, 0.15) is 32.8 Å². The maximum atomic E-state index is 4.66. The van der Waals surface area contributed by atoms with Gasteiger partial charge in [-0.15, -0.1) is 0 Å². The summed E-state index contributed by atoms with van der Waals surface area (Å²) in [4.78, 5) is 13.4. The van der Waals surface area contributed by atoms with Crippen molar-refractivity contribution in [1.29, 1.82) is 0 Å². The number of thioether (sulfide) groups is 1. The topological polar surface area (TPSA) is 37.6 Å². The van der Waals surface area contributed by atoms with Crippen molar-refractivity contribution in [2.45, 2.75) is 32.7 Å². The molecule has 1 aliphatic rings. The highest BCUT2D eigenvalue weighted by molar-refractivity contribution is 8.13. The van der Waals surface area contributed by atoms with Crippen LogP contribution >= 0.6 is 11.8 Å². The van der Waals surface area contributed by atoms with Crippen molar-refractivity contribution in [3.63, 3.8) is 0 Å². The van der Waals surface area contributed by atoms with E-state index >= 15 is 0 Å². The van der Waals surface area contributed by atoms with E-state index in [1.807, 2.05) is 18.3 Å². The molecule has 0 saturated carbocycles. The molecule has 0 radical (unpaired) electrons. The van der Waals surface area contributed by atoms with Crippen LogP contribution in [0.5, 0.6) is 0 Å². The number of nitrogens with zero attached hydrogens (tertiary/aromatic N) is 3. The van der Waals surface area contributed by atoms with E-state index in [0.29, 0.717) is 0 Å². The first-order valence-corrected chi connectivity index (χ1v) is 7.46. The monoisotopic (exact) mass is 273 g/mol. The number of pyridine rings is 1. The Morgan fingerprint density at radius 2 is 2.21 bits per heavy atom. The fourth-order valence-electron chi connectivity index (χ4n) is 1.89. The van der Waals surface area contributed by atoms with Gasteiger partial charge in [-0.25, -0.2) is 4.99 Å². The molecule has 0 aliphatic carbocycles. The SMILES string of the molecule is CCSC1=NC(C)(C)CC(C=Cc2cccnc2)=N1. The lowest BCUT2D eigenvalue weighted by atomic mass is 9.96. The van der Waals surface area contributed by atoms with Crippen LogP contribution in [0.15, 0.2) is 40.6 Å². The van der Waals surface area contributed by atoms with Gasteiger partial charge >= 0.3 is 0 Å². The first kappa shape index (κ1) is 14.0. The standard InChI is InChI=1S/C15H19N3S/c1-4-19-14-17-13(10-15(2,3)18-14)8-7-12-6-5-9-16-11-12/h5-9,11H,4,10H2,1-3H3. The molecule has 100 valence electrons. The van der Waals surface area contributed by atoms with Gasteiger partial charge in [-0.3, -0.25) is 9.98 Å². The van der Waals surface area contributed by atoms with Crippen molar-refractivity contribution < 1.29 is 0 Å².